The van der Waals surface area contributed by atoms with Gasteiger partial charge in [0.05, 0.1) is 28.4 Å². The fourth-order valence-corrected chi connectivity index (χ4v) is 4.22. The van der Waals surface area contributed by atoms with Crippen LogP contribution in [0, 0.1) is 6.92 Å². The van der Waals surface area contributed by atoms with Crippen molar-refractivity contribution < 1.29 is 22.7 Å². The normalized spacial score (nSPS) is 11.0. The first kappa shape index (κ1) is 24.0. The lowest BCUT2D eigenvalue weighted by Gasteiger charge is -2.13. The number of para-hydroxylation sites is 1. The second-order valence-electron chi connectivity index (χ2n) is 7.20. The Morgan fingerprint density at radius 1 is 0.879 bits per heavy atom. The van der Waals surface area contributed by atoms with Gasteiger partial charge in [0.15, 0.2) is 0 Å². The molecule has 0 aliphatic carbocycles. The van der Waals surface area contributed by atoms with Gasteiger partial charge < -0.3 is 15.4 Å². The quantitative estimate of drug-likeness (QED) is 0.417. The van der Waals surface area contributed by atoms with Gasteiger partial charge >= 0.3 is 0 Å². The maximum absolute atomic E-state index is 12.8. The second kappa shape index (κ2) is 10.8. The first-order valence-corrected chi connectivity index (χ1v) is 11.7. The maximum atomic E-state index is 12.8. The van der Waals surface area contributed by atoms with E-state index in [0.29, 0.717) is 41.2 Å². The smallest absolute Gasteiger partial charge is 0.261 e. The molecule has 0 radical (unpaired) electrons. The van der Waals surface area contributed by atoms with Crippen LogP contribution >= 0.6 is 0 Å². The number of aryl methyl sites for hydroxylation is 1. The van der Waals surface area contributed by atoms with Crippen molar-refractivity contribution in [1.82, 2.24) is 5.32 Å². The summed E-state index contributed by atoms with van der Waals surface area (Å²) < 4.78 is 32.6. The van der Waals surface area contributed by atoms with Crippen molar-refractivity contribution >= 4 is 33.2 Å². The largest absolute Gasteiger partial charge is 0.383 e. The summed E-state index contributed by atoms with van der Waals surface area (Å²) in [4.78, 5) is 25.4. The molecule has 0 unspecified atom stereocenters. The highest BCUT2D eigenvalue weighted by Crippen LogP contribution is 2.22. The number of sulfonamides is 1. The van der Waals surface area contributed by atoms with Gasteiger partial charge in [-0.1, -0.05) is 30.3 Å². The molecule has 3 aromatic carbocycles. The number of carbonyl (C=O) groups is 2. The van der Waals surface area contributed by atoms with Gasteiger partial charge in [-0.25, -0.2) is 8.42 Å². The number of ether oxygens (including phenoxy) is 1. The minimum atomic E-state index is -3.75. The third-order valence-electron chi connectivity index (χ3n) is 4.80. The van der Waals surface area contributed by atoms with Crippen LogP contribution < -0.4 is 15.4 Å². The monoisotopic (exact) mass is 467 g/mol. The SMILES string of the molecule is COCCNC(=O)c1ccccc1NC(=O)c1ccc(NS(=O)(=O)c2ccccc2)c(C)c1. The van der Waals surface area contributed by atoms with Gasteiger partial charge in [0.25, 0.3) is 21.8 Å². The molecule has 3 rings (SSSR count). The first-order chi connectivity index (χ1) is 15.8. The molecular formula is C24H25N3O5S. The van der Waals surface area contributed by atoms with Crippen LogP contribution in [0.15, 0.2) is 77.7 Å². The molecule has 0 spiro atoms. The molecule has 0 heterocycles. The van der Waals surface area contributed by atoms with Gasteiger partial charge in [0.1, 0.15) is 0 Å². The molecule has 3 aromatic rings. The summed E-state index contributed by atoms with van der Waals surface area (Å²) in [5.41, 5.74) is 1.96. The zero-order valence-corrected chi connectivity index (χ0v) is 19.1. The Balaban J connectivity index is 1.75. The molecule has 8 nitrogen and oxygen atoms in total. The number of hydrogen-bond donors (Lipinski definition) is 3. The lowest BCUT2D eigenvalue weighted by atomic mass is 10.1. The summed E-state index contributed by atoms with van der Waals surface area (Å²) in [6.45, 7) is 2.42. The van der Waals surface area contributed by atoms with Gasteiger partial charge in [-0.05, 0) is 55.0 Å². The highest BCUT2D eigenvalue weighted by molar-refractivity contribution is 7.92. The molecule has 9 heteroatoms. The van der Waals surface area contributed by atoms with Crippen molar-refractivity contribution in [2.24, 2.45) is 0 Å². The van der Waals surface area contributed by atoms with Crippen LogP contribution in [0.3, 0.4) is 0 Å². The number of rotatable bonds is 9. The van der Waals surface area contributed by atoms with E-state index in [1.807, 2.05) is 0 Å². The predicted octanol–water partition coefficient (Wildman–Crippen LogP) is 3.42. The molecule has 2 amide bonds. The van der Waals surface area contributed by atoms with Crippen LogP contribution in [-0.2, 0) is 14.8 Å². The third-order valence-corrected chi connectivity index (χ3v) is 6.18. The van der Waals surface area contributed by atoms with Gasteiger partial charge in [0.2, 0.25) is 0 Å². The van der Waals surface area contributed by atoms with E-state index in [0.717, 1.165) is 0 Å². The topological polar surface area (TPSA) is 114 Å². The molecular weight excluding hydrogens is 442 g/mol. The summed E-state index contributed by atoms with van der Waals surface area (Å²) in [5.74, 6) is -0.752. The van der Waals surface area contributed by atoms with Crippen molar-refractivity contribution in [1.29, 1.82) is 0 Å². The van der Waals surface area contributed by atoms with Crippen LogP contribution in [0.25, 0.3) is 0 Å². The van der Waals surface area contributed by atoms with Gasteiger partial charge in [-0.3, -0.25) is 14.3 Å². The average Bonchev–Trinajstić information content (AvgIpc) is 2.81. The number of hydrogen-bond acceptors (Lipinski definition) is 5. The van der Waals surface area contributed by atoms with E-state index in [1.54, 1.807) is 62.6 Å². The predicted molar refractivity (Wildman–Crippen MR) is 127 cm³/mol. The zero-order chi connectivity index (χ0) is 23.8. The molecule has 0 aliphatic heterocycles. The molecule has 3 N–H and O–H groups in total. The summed E-state index contributed by atoms with van der Waals surface area (Å²) in [6, 6.07) is 19.3. The molecule has 0 atom stereocenters. The third kappa shape index (κ3) is 6.18. The average molecular weight is 468 g/mol. The molecule has 0 bridgehead atoms. The molecule has 0 fully saturated rings. The van der Waals surface area contributed by atoms with Crippen LogP contribution in [0.2, 0.25) is 0 Å². The number of anilines is 2. The van der Waals surface area contributed by atoms with E-state index in [9.17, 15) is 18.0 Å². The van der Waals surface area contributed by atoms with E-state index < -0.39 is 15.9 Å². The number of carbonyl (C=O) groups excluding carboxylic acids is 2. The minimum absolute atomic E-state index is 0.145. The Hall–Kier alpha value is -3.69. The van der Waals surface area contributed by atoms with E-state index in [1.165, 1.54) is 24.3 Å². The second-order valence-corrected chi connectivity index (χ2v) is 8.88. The minimum Gasteiger partial charge on any atom is -0.383 e. The summed E-state index contributed by atoms with van der Waals surface area (Å²) in [5, 5.41) is 5.47. The molecule has 0 aromatic heterocycles. The lowest BCUT2D eigenvalue weighted by Crippen LogP contribution is -2.28. The van der Waals surface area contributed by atoms with E-state index in [2.05, 4.69) is 15.4 Å². The summed E-state index contributed by atoms with van der Waals surface area (Å²) >= 11 is 0. The molecule has 0 aliphatic rings. The molecule has 0 saturated carbocycles. The van der Waals surface area contributed by atoms with Gasteiger partial charge in [-0.2, -0.15) is 0 Å². The summed E-state index contributed by atoms with van der Waals surface area (Å²) in [6.07, 6.45) is 0. The number of nitrogens with one attached hydrogen (secondary N) is 3. The first-order valence-electron chi connectivity index (χ1n) is 10.2. The van der Waals surface area contributed by atoms with Crippen molar-refractivity contribution in [2.75, 3.05) is 30.3 Å². The zero-order valence-electron chi connectivity index (χ0n) is 18.3. The van der Waals surface area contributed by atoms with Crippen molar-refractivity contribution in [3.8, 4) is 0 Å². The molecule has 172 valence electrons. The van der Waals surface area contributed by atoms with Crippen molar-refractivity contribution in [3.63, 3.8) is 0 Å². The summed E-state index contributed by atoms with van der Waals surface area (Å²) in [7, 11) is -2.20. The van der Waals surface area contributed by atoms with E-state index in [-0.39, 0.29) is 10.8 Å². The maximum Gasteiger partial charge on any atom is 0.261 e. The van der Waals surface area contributed by atoms with Gasteiger partial charge in [0, 0.05) is 19.2 Å². The number of amides is 2. The Labute approximate surface area is 193 Å². The number of methoxy groups -OCH3 is 1. The highest BCUT2D eigenvalue weighted by atomic mass is 32.2. The lowest BCUT2D eigenvalue weighted by molar-refractivity contribution is 0.0938. The van der Waals surface area contributed by atoms with Crippen LogP contribution in [-0.4, -0.2) is 40.5 Å². The highest BCUT2D eigenvalue weighted by Gasteiger charge is 2.17. The Morgan fingerprint density at radius 3 is 2.27 bits per heavy atom. The Morgan fingerprint density at radius 2 is 1.58 bits per heavy atom. The van der Waals surface area contributed by atoms with E-state index >= 15 is 0 Å². The standard InChI is InChI=1S/C24H25N3O5S/c1-17-16-18(12-13-21(17)27-33(30,31)19-8-4-3-5-9-19)23(28)26-22-11-7-6-10-20(22)24(29)25-14-15-32-2/h3-13,16,27H,14-15H2,1-2H3,(H,25,29)(H,26,28). The fraction of sp³-hybridized carbons (Fsp3) is 0.167. The Bertz CT molecular complexity index is 1240. The van der Waals surface area contributed by atoms with Crippen molar-refractivity contribution in [3.05, 3.63) is 89.5 Å². The molecule has 0 saturated heterocycles. The Kier molecular flexibility index (Phi) is 7.81. The fourth-order valence-electron chi connectivity index (χ4n) is 3.07. The van der Waals surface area contributed by atoms with Crippen LogP contribution in [0.5, 0.6) is 0 Å². The van der Waals surface area contributed by atoms with E-state index in [4.69, 9.17) is 4.74 Å². The van der Waals surface area contributed by atoms with Crippen molar-refractivity contribution in [2.45, 2.75) is 11.8 Å². The molecule has 33 heavy (non-hydrogen) atoms. The number of benzene rings is 3. The van der Waals surface area contributed by atoms with Crippen LogP contribution in [0.1, 0.15) is 26.3 Å². The van der Waals surface area contributed by atoms with Gasteiger partial charge in [-0.15, -0.1) is 0 Å². The van der Waals surface area contributed by atoms with Crippen LogP contribution in [0.4, 0.5) is 11.4 Å².